The van der Waals surface area contributed by atoms with E-state index in [2.05, 4.69) is 5.32 Å². The van der Waals surface area contributed by atoms with E-state index < -0.39 is 5.97 Å². The van der Waals surface area contributed by atoms with Crippen molar-refractivity contribution in [2.45, 2.75) is 18.6 Å². The normalized spacial score (nSPS) is 15.7. The second-order valence-electron chi connectivity index (χ2n) is 6.36. The molecular weight excluding hydrogens is 390 g/mol. The lowest BCUT2D eigenvalue weighted by atomic mass is 10.1. The largest absolute Gasteiger partial charge is 0.465 e. The molecule has 2 aromatic carbocycles. The molecule has 1 fully saturated rings. The van der Waals surface area contributed by atoms with Gasteiger partial charge in [0.15, 0.2) is 5.17 Å². The number of carbonyl (C=O) groups excluding carboxylic acids is 3. The summed E-state index contributed by atoms with van der Waals surface area (Å²) in [6.45, 7) is 1.76. The van der Waals surface area contributed by atoms with Crippen molar-refractivity contribution in [3.8, 4) is 0 Å². The molecule has 0 aromatic heterocycles. The Morgan fingerprint density at radius 2 is 1.83 bits per heavy atom. The number of thioether (sulfide) groups is 1. The van der Waals surface area contributed by atoms with Crippen LogP contribution in [0.2, 0.25) is 0 Å². The number of amidine groups is 1. The molecule has 1 aliphatic heterocycles. The Morgan fingerprint density at radius 1 is 1.14 bits per heavy atom. The molecule has 150 valence electrons. The average Bonchev–Trinajstić information content (AvgIpc) is 3.04. The Labute approximate surface area is 172 Å². The van der Waals surface area contributed by atoms with Crippen LogP contribution in [0.5, 0.6) is 0 Å². The fourth-order valence-corrected chi connectivity index (χ4v) is 3.82. The molecule has 29 heavy (non-hydrogen) atoms. The second-order valence-corrected chi connectivity index (χ2v) is 7.57. The number of ether oxygens (including phenoxy) is 1. The first-order valence-electron chi connectivity index (χ1n) is 9.15. The maximum atomic E-state index is 13.0. The highest BCUT2D eigenvalue weighted by molar-refractivity contribution is 8.15. The summed E-state index contributed by atoms with van der Waals surface area (Å²) >= 11 is 1.19. The lowest BCUT2D eigenvalue weighted by Gasteiger charge is -2.22. The van der Waals surface area contributed by atoms with E-state index in [0.717, 1.165) is 5.56 Å². The fraction of sp³-hybridized carbons (Fsp3) is 0.238. The summed E-state index contributed by atoms with van der Waals surface area (Å²) in [6.07, 6.45) is 0.476. The van der Waals surface area contributed by atoms with Gasteiger partial charge in [0.1, 0.15) is 6.54 Å². The summed E-state index contributed by atoms with van der Waals surface area (Å²) in [5, 5.41) is 9.84. The number of rotatable bonds is 7. The van der Waals surface area contributed by atoms with Gasteiger partial charge in [-0.2, -0.15) is 0 Å². The number of carbonyl (C=O) groups is 3. The maximum Gasteiger partial charge on any atom is 0.326 e. The number of benzene rings is 2. The Morgan fingerprint density at radius 3 is 2.41 bits per heavy atom. The molecule has 1 aliphatic rings. The molecule has 0 aliphatic carbocycles. The predicted molar refractivity (Wildman–Crippen MR) is 112 cm³/mol. The van der Waals surface area contributed by atoms with Crippen LogP contribution < -0.4 is 10.2 Å². The fourth-order valence-electron chi connectivity index (χ4n) is 2.93. The summed E-state index contributed by atoms with van der Waals surface area (Å²) < 4.78 is 5.01. The summed E-state index contributed by atoms with van der Waals surface area (Å²) in [4.78, 5) is 38.2. The predicted octanol–water partition coefficient (Wildman–Crippen LogP) is 2.61. The van der Waals surface area contributed by atoms with E-state index in [0.29, 0.717) is 17.7 Å². The van der Waals surface area contributed by atoms with Crippen LogP contribution in [0.1, 0.15) is 22.8 Å². The van der Waals surface area contributed by atoms with E-state index in [1.165, 1.54) is 16.7 Å². The highest BCUT2D eigenvalue weighted by atomic mass is 32.2. The van der Waals surface area contributed by atoms with Gasteiger partial charge in [-0.25, -0.2) is 0 Å². The van der Waals surface area contributed by atoms with Crippen LogP contribution in [-0.4, -0.2) is 41.4 Å². The van der Waals surface area contributed by atoms with Gasteiger partial charge in [-0.15, -0.1) is 0 Å². The van der Waals surface area contributed by atoms with Gasteiger partial charge in [-0.05, 0) is 43.2 Å². The van der Waals surface area contributed by atoms with Crippen LogP contribution in [0.15, 0.2) is 54.6 Å². The highest BCUT2D eigenvalue weighted by Gasteiger charge is 2.29. The molecule has 1 unspecified atom stereocenters. The maximum absolute atomic E-state index is 13.0. The summed E-state index contributed by atoms with van der Waals surface area (Å²) in [5.74, 6) is -0.962. The Bertz CT molecular complexity index is 915. The molecule has 2 amide bonds. The van der Waals surface area contributed by atoms with E-state index >= 15 is 0 Å². The minimum Gasteiger partial charge on any atom is -0.465 e. The zero-order valence-electron chi connectivity index (χ0n) is 15.9. The van der Waals surface area contributed by atoms with Crippen LogP contribution >= 0.6 is 11.8 Å². The van der Waals surface area contributed by atoms with Gasteiger partial charge in [-0.1, -0.05) is 42.1 Å². The second kappa shape index (κ2) is 9.38. The van der Waals surface area contributed by atoms with Gasteiger partial charge in [-0.3, -0.25) is 24.7 Å². The van der Waals surface area contributed by atoms with E-state index in [1.54, 1.807) is 43.3 Å². The Hall–Kier alpha value is -3.13. The van der Waals surface area contributed by atoms with Gasteiger partial charge in [0.05, 0.1) is 11.9 Å². The molecule has 0 radical (unpaired) electrons. The number of hydrogen-bond acceptors (Lipinski definition) is 6. The molecule has 0 bridgehead atoms. The molecular formula is C21H21N3O4S. The molecule has 0 spiro atoms. The van der Waals surface area contributed by atoms with Gasteiger partial charge in [0.2, 0.25) is 5.91 Å². The van der Waals surface area contributed by atoms with Crippen molar-refractivity contribution in [2.75, 3.05) is 18.1 Å². The molecule has 0 saturated carbocycles. The van der Waals surface area contributed by atoms with Crippen LogP contribution in [0, 0.1) is 5.41 Å². The number of esters is 1. The molecule has 1 heterocycles. The zero-order valence-corrected chi connectivity index (χ0v) is 16.7. The number of hydrogen-bond donors (Lipinski definition) is 2. The van der Waals surface area contributed by atoms with Crippen LogP contribution in [-0.2, 0) is 20.7 Å². The van der Waals surface area contributed by atoms with Crippen molar-refractivity contribution >= 4 is 40.4 Å². The lowest BCUT2D eigenvalue weighted by Crippen LogP contribution is -2.36. The van der Waals surface area contributed by atoms with Crippen LogP contribution in [0.3, 0.4) is 0 Å². The van der Waals surface area contributed by atoms with E-state index in [9.17, 15) is 14.4 Å². The number of amides is 2. The first kappa shape index (κ1) is 20.6. The van der Waals surface area contributed by atoms with Crippen molar-refractivity contribution in [1.82, 2.24) is 5.32 Å². The highest BCUT2D eigenvalue weighted by Crippen LogP contribution is 2.24. The standard InChI is InChI=1S/C21H21N3O4S/c1-2-28-18(25)13-24(20(27)15-6-4-3-5-7-15)16-10-8-14(9-11-16)12-17-19(26)23-21(22)29-17/h3-11,17H,2,12-13H2,1H3,(H2,22,23,26). The molecule has 8 heteroatoms. The van der Waals surface area contributed by atoms with Gasteiger partial charge in [0, 0.05) is 11.3 Å². The number of anilines is 1. The summed E-state index contributed by atoms with van der Waals surface area (Å²) in [5.41, 5.74) is 1.93. The van der Waals surface area contributed by atoms with Gasteiger partial charge < -0.3 is 10.1 Å². The van der Waals surface area contributed by atoms with Crippen LogP contribution in [0.4, 0.5) is 5.69 Å². The van der Waals surface area contributed by atoms with E-state index in [4.69, 9.17) is 10.1 Å². The molecule has 2 N–H and O–H groups in total. The van der Waals surface area contributed by atoms with Crippen molar-refractivity contribution in [3.63, 3.8) is 0 Å². The minimum absolute atomic E-state index is 0.158. The van der Waals surface area contributed by atoms with Crippen molar-refractivity contribution in [2.24, 2.45) is 0 Å². The zero-order chi connectivity index (χ0) is 20.8. The Balaban J connectivity index is 1.79. The molecule has 1 saturated heterocycles. The third kappa shape index (κ3) is 5.23. The van der Waals surface area contributed by atoms with Gasteiger partial charge in [0.25, 0.3) is 5.91 Å². The molecule has 1 atom stereocenters. The van der Waals surface area contributed by atoms with Crippen molar-refractivity contribution in [1.29, 1.82) is 5.41 Å². The lowest BCUT2D eigenvalue weighted by molar-refractivity contribution is -0.141. The quantitative estimate of drug-likeness (QED) is 0.683. The smallest absolute Gasteiger partial charge is 0.326 e. The van der Waals surface area contributed by atoms with E-state index in [1.807, 2.05) is 18.2 Å². The molecule has 3 rings (SSSR count). The van der Waals surface area contributed by atoms with E-state index in [-0.39, 0.29) is 35.4 Å². The first-order valence-corrected chi connectivity index (χ1v) is 10.0. The third-order valence-electron chi connectivity index (χ3n) is 4.32. The number of nitrogens with zero attached hydrogens (tertiary/aromatic N) is 1. The Kier molecular flexibility index (Phi) is 6.66. The van der Waals surface area contributed by atoms with Crippen LogP contribution in [0.25, 0.3) is 0 Å². The summed E-state index contributed by atoms with van der Waals surface area (Å²) in [7, 11) is 0. The minimum atomic E-state index is -0.488. The summed E-state index contributed by atoms with van der Waals surface area (Å²) in [6, 6.07) is 15.9. The SMILES string of the molecule is CCOC(=O)CN(C(=O)c1ccccc1)c1ccc(CC2SC(=N)NC2=O)cc1. The monoisotopic (exact) mass is 411 g/mol. The average molecular weight is 411 g/mol. The van der Waals surface area contributed by atoms with Crippen molar-refractivity contribution in [3.05, 3.63) is 65.7 Å². The van der Waals surface area contributed by atoms with Crippen molar-refractivity contribution < 1.29 is 19.1 Å². The molecule has 2 aromatic rings. The first-order chi connectivity index (χ1) is 14.0. The molecule has 7 nitrogen and oxygen atoms in total. The topological polar surface area (TPSA) is 99.6 Å². The number of nitrogens with one attached hydrogen (secondary N) is 2. The van der Waals surface area contributed by atoms with Gasteiger partial charge >= 0.3 is 5.97 Å². The third-order valence-corrected chi connectivity index (χ3v) is 5.32.